The molecule has 0 aliphatic heterocycles. The lowest BCUT2D eigenvalue weighted by Crippen LogP contribution is -2.66. The first-order chi connectivity index (χ1) is 19.3. The van der Waals surface area contributed by atoms with Crippen molar-refractivity contribution in [2.75, 3.05) is 6.54 Å². The minimum atomic E-state index is -0.269. The Labute approximate surface area is 250 Å². The van der Waals surface area contributed by atoms with Crippen LogP contribution in [0, 0.1) is 56.7 Å². The van der Waals surface area contributed by atoms with E-state index in [-0.39, 0.29) is 33.2 Å². The Kier molecular flexibility index (Phi) is 7.16. The Morgan fingerprint density at radius 3 is 2.37 bits per heavy atom. The fourth-order valence-corrected chi connectivity index (χ4v) is 12.0. The third-order valence-corrected chi connectivity index (χ3v) is 15.0. The van der Waals surface area contributed by atoms with E-state index in [1.165, 1.54) is 18.4 Å². The van der Waals surface area contributed by atoms with E-state index in [1.807, 2.05) is 0 Å². The van der Waals surface area contributed by atoms with Gasteiger partial charge in [0.05, 0.1) is 11.5 Å². The first-order valence-corrected chi connectivity index (χ1v) is 17.0. The number of benzene rings is 1. The molecule has 0 bridgehead atoms. The summed E-state index contributed by atoms with van der Waals surface area (Å²) in [6.07, 6.45) is 13.4. The van der Waals surface area contributed by atoms with Crippen LogP contribution in [0.5, 0.6) is 0 Å². The Morgan fingerprint density at radius 2 is 1.63 bits per heavy atom. The molecular weight excluding hydrogens is 502 g/mol. The molecule has 226 valence electrons. The van der Waals surface area contributed by atoms with Crippen molar-refractivity contribution in [3.05, 3.63) is 47.5 Å². The summed E-state index contributed by atoms with van der Waals surface area (Å²) < 4.78 is 0. The number of hydrogen-bond acceptors (Lipinski definition) is 2. The van der Waals surface area contributed by atoms with Crippen LogP contribution in [-0.2, 0) is 11.2 Å². The Bertz CT molecular complexity index is 1190. The molecule has 0 heterocycles. The maximum absolute atomic E-state index is 14.3. The summed E-state index contributed by atoms with van der Waals surface area (Å²) in [4.78, 5) is 14.3. The van der Waals surface area contributed by atoms with E-state index < -0.39 is 0 Å². The molecule has 1 aromatic rings. The second-order valence-corrected chi connectivity index (χ2v) is 16.7. The number of allylic oxidation sites excluding steroid dienone is 2. The highest BCUT2D eigenvalue weighted by Gasteiger charge is 2.69. The van der Waals surface area contributed by atoms with E-state index in [1.54, 1.807) is 5.57 Å². The molecule has 4 fully saturated rings. The maximum atomic E-state index is 14.3. The smallest absolute Gasteiger partial charge is 0.226 e. The first kappa shape index (κ1) is 29.5. The fourth-order valence-electron chi connectivity index (χ4n) is 12.0. The molecule has 6 rings (SSSR count). The average molecular weight is 560 g/mol. The zero-order chi connectivity index (χ0) is 29.4. The molecule has 1 amide bonds. The number of hydrogen-bond donors (Lipinski definition) is 2. The van der Waals surface area contributed by atoms with E-state index in [0.29, 0.717) is 35.5 Å². The predicted octanol–water partition coefficient (Wildman–Crippen LogP) is 8.36. The molecule has 0 spiro atoms. The number of fused-ring (bicyclic) bond motifs is 7. The van der Waals surface area contributed by atoms with Crippen molar-refractivity contribution in [2.24, 2.45) is 56.7 Å². The van der Waals surface area contributed by atoms with Gasteiger partial charge in [0.15, 0.2) is 0 Å². The van der Waals surface area contributed by atoms with Gasteiger partial charge in [0.25, 0.3) is 0 Å². The summed E-state index contributed by atoms with van der Waals surface area (Å²) >= 11 is 0. The van der Waals surface area contributed by atoms with Crippen LogP contribution < -0.4 is 5.32 Å². The maximum Gasteiger partial charge on any atom is 0.226 e. The standard InChI is InChI=1S/C38H57NO2/c1-25-15-21-38(33(41)39-24-18-27-11-9-8-10-12-27)23-22-36(6)28(32(38)26(25)2)13-14-30-35(5)19-17-31(40)34(3,4)29(35)16-20-37(30,36)7/h8-13,25-26,29-32,40H,14-24H2,1-7H3,(H,39,41)/t25-,26+,29+,30-,31+,32+,35+,36-,37-,38+/m1/s1. The monoisotopic (exact) mass is 559 g/mol. The minimum Gasteiger partial charge on any atom is -0.393 e. The van der Waals surface area contributed by atoms with Gasteiger partial charge < -0.3 is 10.4 Å². The van der Waals surface area contributed by atoms with Crippen molar-refractivity contribution in [1.82, 2.24) is 5.32 Å². The zero-order valence-electron chi connectivity index (χ0n) is 27.1. The number of aliphatic hydroxyl groups is 1. The number of carbonyl (C=O) groups is 1. The van der Waals surface area contributed by atoms with Crippen LogP contribution in [0.15, 0.2) is 42.0 Å². The summed E-state index contributed by atoms with van der Waals surface area (Å²) in [5.74, 6) is 3.04. The van der Waals surface area contributed by atoms with Crippen LogP contribution >= 0.6 is 0 Å². The molecule has 5 aliphatic carbocycles. The third-order valence-electron chi connectivity index (χ3n) is 15.0. The summed E-state index contributed by atoms with van der Waals surface area (Å²) in [5, 5.41) is 14.5. The van der Waals surface area contributed by atoms with Gasteiger partial charge in [-0.2, -0.15) is 0 Å². The van der Waals surface area contributed by atoms with Gasteiger partial charge >= 0.3 is 0 Å². The van der Waals surface area contributed by atoms with Gasteiger partial charge in [-0.3, -0.25) is 4.79 Å². The third kappa shape index (κ3) is 4.10. The first-order valence-electron chi connectivity index (χ1n) is 17.0. The van der Waals surface area contributed by atoms with Crippen LogP contribution in [0.25, 0.3) is 0 Å². The summed E-state index contributed by atoms with van der Waals surface area (Å²) in [7, 11) is 0. The van der Waals surface area contributed by atoms with Crippen molar-refractivity contribution >= 4 is 5.91 Å². The highest BCUT2D eigenvalue weighted by molar-refractivity contribution is 5.84. The summed E-state index contributed by atoms with van der Waals surface area (Å²) in [5.41, 5.74) is 3.28. The number of rotatable bonds is 4. The highest BCUT2D eigenvalue weighted by atomic mass is 16.3. The van der Waals surface area contributed by atoms with Crippen LogP contribution in [0.3, 0.4) is 0 Å². The topological polar surface area (TPSA) is 49.3 Å². The summed E-state index contributed by atoms with van der Waals surface area (Å²) in [6, 6.07) is 10.6. The SMILES string of the molecule is C[C@H]1[C@H](C)CC[C@]2(C(=O)NCCc3ccccc3)CC[C@]3(C)C(=CC[C@@H]4[C@@]5(C)CC[C@H](O)C(C)(C)[C@@H]5CC[C@]43C)[C@H]12. The molecule has 0 aromatic heterocycles. The van der Waals surface area contributed by atoms with Crippen molar-refractivity contribution in [2.45, 2.75) is 119 Å². The quantitative estimate of drug-likeness (QED) is 0.364. The van der Waals surface area contributed by atoms with Gasteiger partial charge in [0.1, 0.15) is 0 Å². The van der Waals surface area contributed by atoms with E-state index >= 15 is 0 Å². The largest absolute Gasteiger partial charge is 0.393 e. The lowest BCUT2D eigenvalue weighted by molar-refractivity contribution is -0.204. The Morgan fingerprint density at radius 1 is 0.902 bits per heavy atom. The van der Waals surface area contributed by atoms with E-state index in [2.05, 4.69) is 90.2 Å². The Hall–Kier alpha value is -1.61. The van der Waals surface area contributed by atoms with Gasteiger partial charge in [-0.25, -0.2) is 0 Å². The van der Waals surface area contributed by atoms with Crippen molar-refractivity contribution in [3.63, 3.8) is 0 Å². The molecule has 0 saturated heterocycles. The molecule has 10 atom stereocenters. The van der Waals surface area contributed by atoms with E-state index in [4.69, 9.17) is 0 Å². The van der Waals surface area contributed by atoms with Gasteiger partial charge in [-0.1, -0.05) is 90.4 Å². The lowest BCUT2D eigenvalue weighted by Gasteiger charge is -2.71. The van der Waals surface area contributed by atoms with Gasteiger partial charge in [-0.15, -0.1) is 0 Å². The molecule has 5 aliphatic rings. The number of carbonyl (C=O) groups excluding carboxylic acids is 1. The lowest BCUT2D eigenvalue weighted by atomic mass is 9.33. The van der Waals surface area contributed by atoms with Crippen molar-refractivity contribution < 1.29 is 9.90 Å². The molecule has 41 heavy (non-hydrogen) atoms. The fraction of sp³-hybridized carbons (Fsp3) is 0.763. The molecular formula is C38H57NO2. The van der Waals surface area contributed by atoms with Crippen LogP contribution in [0.2, 0.25) is 0 Å². The number of amides is 1. The van der Waals surface area contributed by atoms with Gasteiger partial charge in [0, 0.05) is 6.54 Å². The summed E-state index contributed by atoms with van der Waals surface area (Å²) in [6.45, 7) is 18.1. The zero-order valence-corrected chi connectivity index (χ0v) is 27.1. The molecule has 3 heteroatoms. The molecule has 4 saturated carbocycles. The number of aliphatic hydroxyl groups excluding tert-OH is 1. The van der Waals surface area contributed by atoms with Gasteiger partial charge in [0.2, 0.25) is 5.91 Å². The van der Waals surface area contributed by atoms with E-state index in [0.717, 1.165) is 57.9 Å². The molecule has 3 nitrogen and oxygen atoms in total. The second kappa shape index (κ2) is 9.96. The molecule has 2 N–H and O–H groups in total. The van der Waals surface area contributed by atoms with E-state index in [9.17, 15) is 9.90 Å². The molecule has 1 aromatic carbocycles. The predicted molar refractivity (Wildman–Crippen MR) is 168 cm³/mol. The van der Waals surface area contributed by atoms with Crippen molar-refractivity contribution in [3.8, 4) is 0 Å². The molecule has 0 radical (unpaired) electrons. The van der Waals surface area contributed by atoms with Gasteiger partial charge in [-0.05, 0) is 121 Å². The minimum absolute atomic E-state index is 0.0217. The second-order valence-electron chi connectivity index (χ2n) is 16.7. The average Bonchev–Trinajstić information content (AvgIpc) is 2.94. The van der Waals surface area contributed by atoms with Crippen LogP contribution in [-0.4, -0.2) is 23.7 Å². The van der Waals surface area contributed by atoms with Crippen molar-refractivity contribution in [1.29, 1.82) is 0 Å². The molecule has 0 unspecified atom stereocenters. The van der Waals surface area contributed by atoms with Crippen LogP contribution in [0.1, 0.15) is 112 Å². The number of nitrogens with one attached hydrogen (secondary N) is 1. The highest BCUT2D eigenvalue weighted by Crippen LogP contribution is 2.75. The van der Waals surface area contributed by atoms with Crippen LogP contribution in [0.4, 0.5) is 0 Å². The normalized spacial score (nSPS) is 46.7. The Balaban J connectivity index is 1.33.